The van der Waals surface area contributed by atoms with Crippen LogP contribution in [-0.2, 0) is 4.74 Å². The van der Waals surface area contributed by atoms with Crippen LogP contribution in [0.1, 0.15) is 55.1 Å². The fourth-order valence-corrected chi connectivity index (χ4v) is 3.30. The molecule has 0 spiro atoms. The lowest BCUT2D eigenvalue weighted by atomic mass is 9.97. The zero-order valence-electron chi connectivity index (χ0n) is 16.6. The van der Waals surface area contributed by atoms with Crippen LogP contribution in [-0.4, -0.2) is 29.1 Å². The van der Waals surface area contributed by atoms with Crippen molar-refractivity contribution in [3.05, 3.63) is 53.2 Å². The smallest absolute Gasteiger partial charge is 0.340 e. The van der Waals surface area contributed by atoms with E-state index in [1.54, 1.807) is 13.0 Å². The van der Waals surface area contributed by atoms with E-state index >= 15 is 0 Å². The fourth-order valence-electron chi connectivity index (χ4n) is 3.30. The number of benzene rings is 1. The number of hydrogen-bond donors (Lipinski definition) is 2. The molecule has 1 aromatic heterocycles. The average molecular weight is 380 g/mol. The summed E-state index contributed by atoms with van der Waals surface area (Å²) in [5.41, 5.74) is 3.52. The summed E-state index contributed by atoms with van der Waals surface area (Å²) in [4.78, 5) is 21.2. The van der Waals surface area contributed by atoms with Crippen LogP contribution in [0.3, 0.4) is 0 Å². The Morgan fingerprint density at radius 3 is 2.86 bits per heavy atom. The maximum atomic E-state index is 12.2. The standard InChI is InChI=1S/C22H28N4O2/c1-3-28-21(27)18-11-7-8-12-19(18)25-20-15-16(2)24-22(26-20)23-14-13-17-9-5-4-6-10-17/h7-9,11-12,15H,3-6,10,13-14H2,1-2H3,(H2,23,24,25,26). The summed E-state index contributed by atoms with van der Waals surface area (Å²) in [5.74, 6) is 0.881. The van der Waals surface area contributed by atoms with Crippen LogP contribution in [0.25, 0.3) is 0 Å². The van der Waals surface area contributed by atoms with Crippen LogP contribution in [0, 0.1) is 6.92 Å². The van der Waals surface area contributed by atoms with E-state index in [0.717, 1.165) is 18.7 Å². The molecule has 0 saturated carbocycles. The molecule has 2 N–H and O–H groups in total. The molecule has 0 unspecified atom stereocenters. The second-order valence-electron chi connectivity index (χ2n) is 6.89. The topological polar surface area (TPSA) is 76.1 Å². The largest absolute Gasteiger partial charge is 0.462 e. The van der Waals surface area contributed by atoms with E-state index in [9.17, 15) is 4.79 Å². The number of aromatic nitrogens is 2. The molecule has 28 heavy (non-hydrogen) atoms. The average Bonchev–Trinajstić information content (AvgIpc) is 2.69. The third-order valence-corrected chi connectivity index (χ3v) is 4.65. The van der Waals surface area contributed by atoms with Gasteiger partial charge < -0.3 is 15.4 Å². The zero-order chi connectivity index (χ0) is 19.8. The molecule has 0 bridgehead atoms. The van der Waals surface area contributed by atoms with Gasteiger partial charge in [0.1, 0.15) is 5.82 Å². The molecule has 6 nitrogen and oxygen atoms in total. The van der Waals surface area contributed by atoms with Crippen LogP contribution in [0.4, 0.5) is 17.5 Å². The van der Waals surface area contributed by atoms with Gasteiger partial charge in [0.2, 0.25) is 5.95 Å². The Morgan fingerprint density at radius 2 is 2.07 bits per heavy atom. The Morgan fingerprint density at radius 1 is 1.21 bits per heavy atom. The Bertz CT molecular complexity index is 848. The highest BCUT2D eigenvalue weighted by Crippen LogP contribution is 2.22. The van der Waals surface area contributed by atoms with E-state index in [1.807, 2.05) is 31.2 Å². The Labute approximate surface area is 166 Å². The number of anilines is 3. The van der Waals surface area contributed by atoms with Gasteiger partial charge in [-0.05, 0) is 58.1 Å². The number of nitrogens with zero attached hydrogens (tertiary/aromatic N) is 2. The summed E-state index contributed by atoms with van der Waals surface area (Å²) < 4.78 is 5.14. The number of carbonyl (C=O) groups is 1. The summed E-state index contributed by atoms with van der Waals surface area (Å²) in [6.07, 6.45) is 8.38. The molecule has 1 aromatic carbocycles. The van der Waals surface area contributed by atoms with E-state index in [2.05, 4.69) is 26.7 Å². The van der Waals surface area contributed by atoms with Crippen molar-refractivity contribution in [2.75, 3.05) is 23.8 Å². The van der Waals surface area contributed by atoms with E-state index in [0.29, 0.717) is 29.6 Å². The molecule has 0 aliphatic heterocycles. The minimum atomic E-state index is -0.351. The number of rotatable bonds is 8. The van der Waals surface area contributed by atoms with Crippen molar-refractivity contribution in [3.8, 4) is 0 Å². The van der Waals surface area contributed by atoms with Crippen LogP contribution in [0.2, 0.25) is 0 Å². The number of nitrogens with one attached hydrogen (secondary N) is 2. The van der Waals surface area contributed by atoms with E-state index in [1.165, 1.54) is 31.3 Å². The first kappa shape index (κ1) is 19.9. The van der Waals surface area contributed by atoms with E-state index in [4.69, 9.17) is 4.74 Å². The van der Waals surface area contributed by atoms with Crippen molar-refractivity contribution in [3.63, 3.8) is 0 Å². The van der Waals surface area contributed by atoms with E-state index in [-0.39, 0.29) is 5.97 Å². The molecule has 6 heteroatoms. The van der Waals surface area contributed by atoms with Gasteiger partial charge in [0.25, 0.3) is 0 Å². The van der Waals surface area contributed by atoms with Crippen LogP contribution >= 0.6 is 0 Å². The van der Waals surface area contributed by atoms with Crippen molar-refractivity contribution < 1.29 is 9.53 Å². The predicted molar refractivity (Wildman–Crippen MR) is 112 cm³/mol. The minimum Gasteiger partial charge on any atom is -0.462 e. The van der Waals surface area contributed by atoms with Crippen LogP contribution in [0.5, 0.6) is 0 Å². The van der Waals surface area contributed by atoms with Gasteiger partial charge >= 0.3 is 5.97 Å². The molecule has 1 aliphatic carbocycles. The number of aryl methyl sites for hydroxylation is 1. The Hall–Kier alpha value is -2.89. The summed E-state index contributed by atoms with van der Waals surface area (Å²) in [6.45, 7) is 4.88. The summed E-state index contributed by atoms with van der Waals surface area (Å²) in [7, 11) is 0. The van der Waals surface area contributed by atoms with Crippen molar-refractivity contribution in [1.82, 2.24) is 9.97 Å². The van der Waals surface area contributed by atoms with Crippen molar-refractivity contribution in [1.29, 1.82) is 0 Å². The first-order valence-corrected chi connectivity index (χ1v) is 9.96. The number of allylic oxidation sites excluding steroid dienone is 1. The van der Waals surface area contributed by atoms with Crippen LogP contribution in [0.15, 0.2) is 42.0 Å². The molecule has 148 valence electrons. The highest BCUT2D eigenvalue weighted by Gasteiger charge is 2.13. The normalized spacial score (nSPS) is 13.6. The molecular formula is C22H28N4O2. The second-order valence-corrected chi connectivity index (χ2v) is 6.89. The molecule has 1 heterocycles. The molecule has 0 radical (unpaired) electrons. The SMILES string of the molecule is CCOC(=O)c1ccccc1Nc1cc(C)nc(NCCC2=CCCCC2)n1. The summed E-state index contributed by atoms with van der Waals surface area (Å²) in [5, 5.41) is 6.55. The Kier molecular flexibility index (Phi) is 7.00. The molecule has 0 saturated heterocycles. The van der Waals surface area contributed by atoms with Crippen molar-refractivity contribution in [2.24, 2.45) is 0 Å². The minimum absolute atomic E-state index is 0.338. The van der Waals surface area contributed by atoms with Gasteiger partial charge in [0, 0.05) is 18.3 Å². The molecular weight excluding hydrogens is 352 g/mol. The highest BCUT2D eigenvalue weighted by atomic mass is 16.5. The quantitative estimate of drug-likeness (QED) is 0.495. The highest BCUT2D eigenvalue weighted by molar-refractivity contribution is 5.96. The van der Waals surface area contributed by atoms with Gasteiger partial charge in [-0.25, -0.2) is 9.78 Å². The summed E-state index contributed by atoms with van der Waals surface area (Å²) >= 11 is 0. The zero-order valence-corrected chi connectivity index (χ0v) is 16.6. The maximum Gasteiger partial charge on any atom is 0.340 e. The van der Waals surface area contributed by atoms with Gasteiger partial charge in [0.05, 0.1) is 17.9 Å². The lowest BCUT2D eigenvalue weighted by molar-refractivity contribution is 0.0527. The van der Waals surface area contributed by atoms with Crippen molar-refractivity contribution >= 4 is 23.4 Å². The number of para-hydroxylation sites is 1. The van der Waals surface area contributed by atoms with Gasteiger partial charge in [-0.2, -0.15) is 4.98 Å². The number of esters is 1. The van der Waals surface area contributed by atoms with Crippen LogP contribution < -0.4 is 10.6 Å². The maximum absolute atomic E-state index is 12.2. The Balaban J connectivity index is 1.68. The number of hydrogen-bond acceptors (Lipinski definition) is 6. The monoisotopic (exact) mass is 380 g/mol. The second kappa shape index (κ2) is 9.88. The molecule has 3 rings (SSSR count). The molecule has 0 amide bonds. The number of ether oxygens (including phenoxy) is 1. The van der Waals surface area contributed by atoms with Gasteiger partial charge in [0.15, 0.2) is 0 Å². The van der Waals surface area contributed by atoms with E-state index < -0.39 is 0 Å². The third kappa shape index (κ3) is 5.55. The first-order chi connectivity index (χ1) is 13.7. The van der Waals surface area contributed by atoms with Crippen molar-refractivity contribution in [2.45, 2.75) is 46.0 Å². The lowest BCUT2D eigenvalue weighted by Crippen LogP contribution is -2.10. The molecule has 0 atom stereocenters. The molecule has 2 aromatic rings. The lowest BCUT2D eigenvalue weighted by Gasteiger charge is -2.14. The van der Waals surface area contributed by atoms with Gasteiger partial charge in [-0.15, -0.1) is 0 Å². The molecule has 0 fully saturated rings. The van der Waals surface area contributed by atoms with Gasteiger partial charge in [-0.3, -0.25) is 0 Å². The predicted octanol–water partition coefficient (Wildman–Crippen LogP) is 5.01. The first-order valence-electron chi connectivity index (χ1n) is 9.96. The van der Waals surface area contributed by atoms with Gasteiger partial charge in [-0.1, -0.05) is 23.8 Å². The summed E-state index contributed by atoms with van der Waals surface area (Å²) in [6, 6.07) is 9.13. The number of carbonyl (C=O) groups excluding carboxylic acids is 1. The molecule has 1 aliphatic rings. The third-order valence-electron chi connectivity index (χ3n) is 4.65. The fraction of sp³-hybridized carbons (Fsp3) is 0.409.